The number of carboxylic acid groups (broad SMARTS) is 1. The predicted molar refractivity (Wildman–Crippen MR) is 93.0 cm³/mol. The number of carbonyl (C=O) groups excluding carboxylic acids is 1. The van der Waals surface area contributed by atoms with Gasteiger partial charge in [-0.25, -0.2) is 4.79 Å². The van der Waals surface area contributed by atoms with Gasteiger partial charge in [0.05, 0.1) is 34.0 Å². The minimum atomic E-state index is -1.06. The van der Waals surface area contributed by atoms with Gasteiger partial charge in [-0.2, -0.15) is 0 Å². The maximum absolute atomic E-state index is 12.5. The van der Waals surface area contributed by atoms with E-state index in [1.54, 1.807) is 24.0 Å². The van der Waals surface area contributed by atoms with Crippen LogP contribution in [0.3, 0.4) is 0 Å². The van der Waals surface area contributed by atoms with Gasteiger partial charge in [0.1, 0.15) is 0 Å². The monoisotopic (exact) mass is 367 g/mol. The highest BCUT2D eigenvalue weighted by molar-refractivity contribution is 5.79. The first-order valence-electron chi connectivity index (χ1n) is 8.34. The summed E-state index contributed by atoms with van der Waals surface area (Å²) in [6, 6.07) is 3.60. The molecule has 8 nitrogen and oxygen atoms in total. The Hall–Kier alpha value is -2.48. The molecule has 8 heteroatoms. The first-order valence-corrected chi connectivity index (χ1v) is 8.34. The van der Waals surface area contributed by atoms with Crippen molar-refractivity contribution >= 4 is 11.9 Å². The fourth-order valence-corrected chi connectivity index (χ4v) is 2.98. The van der Waals surface area contributed by atoms with E-state index in [1.807, 2.05) is 0 Å². The molecule has 0 aromatic heterocycles. The SMILES string of the molecule is COc1cc(CCC(=O)N2CC(C(=O)O)O[C@H](C)C2)cc(OC)c1OC. The topological polar surface area (TPSA) is 94.5 Å². The molecule has 0 aliphatic carbocycles. The summed E-state index contributed by atoms with van der Waals surface area (Å²) in [4.78, 5) is 25.2. The lowest BCUT2D eigenvalue weighted by Gasteiger charge is -2.35. The van der Waals surface area contributed by atoms with Gasteiger partial charge in [0.25, 0.3) is 0 Å². The van der Waals surface area contributed by atoms with E-state index >= 15 is 0 Å². The Balaban J connectivity index is 2.06. The number of benzene rings is 1. The predicted octanol–water partition coefficient (Wildman–Crippen LogP) is 1.35. The third-order valence-corrected chi connectivity index (χ3v) is 4.24. The molecular formula is C18H25NO7. The largest absolute Gasteiger partial charge is 0.493 e. The Labute approximate surface area is 152 Å². The molecule has 1 heterocycles. The lowest BCUT2D eigenvalue weighted by atomic mass is 10.1. The molecule has 2 atom stereocenters. The molecule has 1 aliphatic rings. The molecule has 1 unspecified atom stereocenters. The number of hydrogen-bond acceptors (Lipinski definition) is 6. The van der Waals surface area contributed by atoms with Crippen molar-refractivity contribution in [2.75, 3.05) is 34.4 Å². The van der Waals surface area contributed by atoms with E-state index in [2.05, 4.69) is 0 Å². The van der Waals surface area contributed by atoms with Crippen molar-refractivity contribution < 1.29 is 33.6 Å². The van der Waals surface area contributed by atoms with Crippen molar-refractivity contribution in [2.45, 2.75) is 32.0 Å². The Morgan fingerprint density at radius 2 is 1.77 bits per heavy atom. The summed E-state index contributed by atoms with van der Waals surface area (Å²) in [5, 5.41) is 9.13. The van der Waals surface area contributed by atoms with Gasteiger partial charge in [-0.1, -0.05) is 0 Å². The number of nitrogens with zero attached hydrogens (tertiary/aromatic N) is 1. The van der Waals surface area contributed by atoms with Crippen LogP contribution in [-0.4, -0.2) is 68.5 Å². The molecule has 1 aromatic rings. The zero-order chi connectivity index (χ0) is 19.3. The summed E-state index contributed by atoms with van der Waals surface area (Å²) in [5.41, 5.74) is 0.865. The minimum absolute atomic E-state index is 0.0633. The van der Waals surface area contributed by atoms with E-state index in [4.69, 9.17) is 24.1 Å². The van der Waals surface area contributed by atoms with Crippen LogP contribution in [0.25, 0.3) is 0 Å². The fourth-order valence-electron chi connectivity index (χ4n) is 2.98. The number of ether oxygens (including phenoxy) is 4. The number of carboxylic acids is 1. The smallest absolute Gasteiger partial charge is 0.334 e. The molecular weight excluding hydrogens is 342 g/mol. The van der Waals surface area contributed by atoms with Crippen LogP contribution in [0.4, 0.5) is 0 Å². The quantitative estimate of drug-likeness (QED) is 0.777. The van der Waals surface area contributed by atoms with Crippen LogP contribution in [0.2, 0.25) is 0 Å². The van der Waals surface area contributed by atoms with Crippen LogP contribution < -0.4 is 14.2 Å². The molecule has 1 N–H and O–H groups in total. The summed E-state index contributed by atoms with van der Waals surface area (Å²) in [7, 11) is 4.60. The number of aryl methyl sites for hydroxylation is 1. The number of morpholine rings is 1. The van der Waals surface area contributed by atoms with Crippen LogP contribution in [-0.2, 0) is 20.7 Å². The summed E-state index contributed by atoms with van der Waals surface area (Å²) in [5.74, 6) is 0.385. The minimum Gasteiger partial charge on any atom is -0.493 e. The molecule has 1 aliphatic heterocycles. The number of aliphatic carboxylic acids is 1. The van der Waals surface area contributed by atoms with Gasteiger partial charge >= 0.3 is 5.97 Å². The lowest BCUT2D eigenvalue weighted by Crippen LogP contribution is -2.51. The van der Waals surface area contributed by atoms with Gasteiger partial charge < -0.3 is 29.0 Å². The van der Waals surface area contributed by atoms with Gasteiger partial charge in [-0.05, 0) is 31.0 Å². The summed E-state index contributed by atoms with van der Waals surface area (Å²) in [6.07, 6.45) is -0.574. The summed E-state index contributed by atoms with van der Waals surface area (Å²) >= 11 is 0. The maximum Gasteiger partial charge on any atom is 0.334 e. The Morgan fingerprint density at radius 1 is 1.15 bits per heavy atom. The van der Waals surface area contributed by atoms with E-state index in [-0.39, 0.29) is 25.0 Å². The summed E-state index contributed by atoms with van der Waals surface area (Å²) < 4.78 is 21.3. The molecule has 1 amide bonds. The van der Waals surface area contributed by atoms with E-state index in [0.29, 0.717) is 30.2 Å². The molecule has 1 fully saturated rings. The molecule has 144 valence electrons. The van der Waals surface area contributed by atoms with Gasteiger partial charge in [-0.3, -0.25) is 4.79 Å². The molecule has 0 bridgehead atoms. The van der Waals surface area contributed by atoms with Gasteiger partial charge in [-0.15, -0.1) is 0 Å². The Kier molecular flexibility index (Phi) is 6.68. The average molecular weight is 367 g/mol. The van der Waals surface area contributed by atoms with Crippen molar-refractivity contribution in [3.63, 3.8) is 0 Å². The highest BCUT2D eigenvalue weighted by Gasteiger charge is 2.32. The number of methoxy groups -OCH3 is 3. The van der Waals surface area contributed by atoms with Crippen LogP contribution >= 0.6 is 0 Å². The average Bonchev–Trinajstić information content (AvgIpc) is 2.64. The van der Waals surface area contributed by atoms with Gasteiger partial charge in [0.15, 0.2) is 17.6 Å². The Bertz CT molecular complexity index is 636. The number of rotatable bonds is 7. The molecule has 1 aromatic carbocycles. The second-order valence-electron chi connectivity index (χ2n) is 6.11. The normalized spacial score (nSPS) is 19.8. The molecule has 0 radical (unpaired) electrons. The zero-order valence-corrected chi connectivity index (χ0v) is 15.5. The highest BCUT2D eigenvalue weighted by Crippen LogP contribution is 2.38. The second-order valence-corrected chi connectivity index (χ2v) is 6.11. The van der Waals surface area contributed by atoms with Crippen molar-refractivity contribution in [3.8, 4) is 17.2 Å². The number of amides is 1. The first kappa shape index (κ1) is 19.8. The highest BCUT2D eigenvalue weighted by atomic mass is 16.5. The van der Waals surface area contributed by atoms with Crippen LogP contribution in [0.1, 0.15) is 18.9 Å². The van der Waals surface area contributed by atoms with Crippen molar-refractivity contribution in [1.82, 2.24) is 4.90 Å². The van der Waals surface area contributed by atoms with E-state index in [1.165, 1.54) is 21.3 Å². The standard InChI is InChI=1S/C18H25NO7/c1-11-9-19(10-15(26-11)18(21)22)16(20)6-5-12-7-13(23-2)17(25-4)14(8-12)24-3/h7-8,11,15H,5-6,9-10H2,1-4H3,(H,21,22)/t11-,15?/m1/s1. The lowest BCUT2D eigenvalue weighted by molar-refractivity contribution is -0.166. The molecule has 26 heavy (non-hydrogen) atoms. The maximum atomic E-state index is 12.5. The van der Waals surface area contributed by atoms with Gasteiger partial charge in [0, 0.05) is 13.0 Å². The van der Waals surface area contributed by atoms with Crippen LogP contribution in [0, 0.1) is 0 Å². The van der Waals surface area contributed by atoms with Crippen LogP contribution in [0.5, 0.6) is 17.2 Å². The van der Waals surface area contributed by atoms with Crippen molar-refractivity contribution in [3.05, 3.63) is 17.7 Å². The molecule has 0 saturated carbocycles. The summed E-state index contributed by atoms with van der Waals surface area (Å²) in [6.45, 7) is 2.21. The zero-order valence-electron chi connectivity index (χ0n) is 15.5. The van der Waals surface area contributed by atoms with E-state index in [0.717, 1.165) is 5.56 Å². The third-order valence-electron chi connectivity index (χ3n) is 4.24. The second kappa shape index (κ2) is 8.75. The number of carbonyl (C=O) groups is 2. The molecule has 0 spiro atoms. The van der Waals surface area contributed by atoms with E-state index < -0.39 is 12.1 Å². The third kappa shape index (κ3) is 4.57. The molecule has 1 saturated heterocycles. The van der Waals surface area contributed by atoms with Crippen molar-refractivity contribution in [1.29, 1.82) is 0 Å². The van der Waals surface area contributed by atoms with E-state index in [9.17, 15) is 9.59 Å². The van der Waals surface area contributed by atoms with Crippen molar-refractivity contribution in [2.24, 2.45) is 0 Å². The van der Waals surface area contributed by atoms with Crippen LogP contribution in [0.15, 0.2) is 12.1 Å². The Morgan fingerprint density at radius 3 is 2.27 bits per heavy atom. The first-order chi connectivity index (χ1) is 12.4. The van der Waals surface area contributed by atoms with Gasteiger partial charge in [0.2, 0.25) is 11.7 Å². The molecule has 2 rings (SSSR count). The fraction of sp³-hybridized carbons (Fsp3) is 0.556. The number of hydrogen-bond donors (Lipinski definition) is 1.